The van der Waals surface area contributed by atoms with Crippen LogP contribution in [0.5, 0.6) is 0 Å². The van der Waals surface area contributed by atoms with Crippen molar-refractivity contribution in [3.05, 3.63) is 30.1 Å². The van der Waals surface area contributed by atoms with Gasteiger partial charge >= 0.3 is 0 Å². The number of pyridine rings is 1. The van der Waals surface area contributed by atoms with Gasteiger partial charge in [0.05, 0.1) is 0 Å². The van der Waals surface area contributed by atoms with Crippen molar-refractivity contribution in [3.8, 4) is 0 Å². The molecule has 13 heavy (non-hydrogen) atoms. The SMILES string of the molecule is CNCCCCCc1cccnc1. The maximum atomic E-state index is 4.09. The van der Waals surface area contributed by atoms with Gasteiger partial charge in [0.2, 0.25) is 0 Å². The van der Waals surface area contributed by atoms with E-state index in [1.165, 1.54) is 24.8 Å². The number of hydrogen-bond donors (Lipinski definition) is 1. The molecule has 0 fully saturated rings. The van der Waals surface area contributed by atoms with Crippen molar-refractivity contribution in [1.29, 1.82) is 0 Å². The molecule has 0 atom stereocenters. The van der Waals surface area contributed by atoms with E-state index in [1.54, 1.807) is 0 Å². The highest BCUT2D eigenvalue weighted by Gasteiger charge is 1.92. The van der Waals surface area contributed by atoms with E-state index < -0.39 is 0 Å². The van der Waals surface area contributed by atoms with Gasteiger partial charge < -0.3 is 5.32 Å². The molecular weight excluding hydrogens is 160 g/mol. The van der Waals surface area contributed by atoms with Crippen LogP contribution in [0.4, 0.5) is 0 Å². The maximum absolute atomic E-state index is 4.09. The monoisotopic (exact) mass is 178 g/mol. The first-order valence-corrected chi connectivity index (χ1v) is 4.97. The second-order valence-corrected chi connectivity index (χ2v) is 3.28. The molecule has 0 saturated heterocycles. The third-order valence-electron chi connectivity index (χ3n) is 2.12. The van der Waals surface area contributed by atoms with Crippen LogP contribution in [0.15, 0.2) is 24.5 Å². The Morgan fingerprint density at radius 2 is 2.23 bits per heavy atom. The van der Waals surface area contributed by atoms with Crippen molar-refractivity contribution in [2.75, 3.05) is 13.6 Å². The predicted octanol–water partition coefficient (Wildman–Crippen LogP) is 2.01. The number of rotatable bonds is 6. The van der Waals surface area contributed by atoms with E-state index in [-0.39, 0.29) is 0 Å². The molecule has 0 saturated carbocycles. The van der Waals surface area contributed by atoms with Gasteiger partial charge in [0, 0.05) is 12.4 Å². The summed E-state index contributed by atoms with van der Waals surface area (Å²) in [5.41, 5.74) is 1.35. The molecule has 1 aromatic rings. The first kappa shape index (κ1) is 10.2. The van der Waals surface area contributed by atoms with E-state index in [0.29, 0.717) is 0 Å². The van der Waals surface area contributed by atoms with Crippen LogP contribution in [0.1, 0.15) is 24.8 Å². The molecule has 0 bridgehead atoms. The van der Waals surface area contributed by atoms with Gasteiger partial charge in [-0.2, -0.15) is 0 Å². The number of nitrogens with one attached hydrogen (secondary N) is 1. The lowest BCUT2D eigenvalue weighted by Gasteiger charge is -2.00. The van der Waals surface area contributed by atoms with Crippen molar-refractivity contribution in [1.82, 2.24) is 10.3 Å². The molecule has 72 valence electrons. The van der Waals surface area contributed by atoms with Crippen LogP contribution in [-0.4, -0.2) is 18.6 Å². The van der Waals surface area contributed by atoms with E-state index in [2.05, 4.69) is 16.4 Å². The number of unbranched alkanes of at least 4 members (excludes halogenated alkanes) is 2. The summed E-state index contributed by atoms with van der Waals surface area (Å²) in [5, 5.41) is 3.15. The molecule has 2 heteroatoms. The predicted molar refractivity (Wildman–Crippen MR) is 55.7 cm³/mol. The topological polar surface area (TPSA) is 24.9 Å². The summed E-state index contributed by atoms with van der Waals surface area (Å²) >= 11 is 0. The highest BCUT2D eigenvalue weighted by Crippen LogP contribution is 2.04. The van der Waals surface area contributed by atoms with Crippen LogP contribution in [-0.2, 0) is 6.42 Å². The van der Waals surface area contributed by atoms with Crippen LogP contribution in [0.3, 0.4) is 0 Å². The summed E-state index contributed by atoms with van der Waals surface area (Å²) in [6, 6.07) is 4.15. The number of hydrogen-bond acceptors (Lipinski definition) is 2. The minimum Gasteiger partial charge on any atom is -0.320 e. The summed E-state index contributed by atoms with van der Waals surface area (Å²) in [6.07, 6.45) is 8.79. The van der Waals surface area contributed by atoms with Crippen LogP contribution < -0.4 is 5.32 Å². The Kier molecular flexibility index (Phi) is 5.18. The van der Waals surface area contributed by atoms with Crippen LogP contribution >= 0.6 is 0 Å². The van der Waals surface area contributed by atoms with Crippen LogP contribution in [0, 0.1) is 0 Å². The highest BCUT2D eigenvalue weighted by molar-refractivity contribution is 5.08. The van der Waals surface area contributed by atoms with Gasteiger partial charge in [0.15, 0.2) is 0 Å². The minimum atomic E-state index is 1.13. The van der Waals surface area contributed by atoms with Crippen molar-refractivity contribution in [2.24, 2.45) is 0 Å². The Bertz CT molecular complexity index is 209. The average molecular weight is 178 g/mol. The Morgan fingerprint density at radius 3 is 2.92 bits per heavy atom. The minimum absolute atomic E-state index is 1.13. The van der Waals surface area contributed by atoms with Crippen LogP contribution in [0.25, 0.3) is 0 Å². The third-order valence-corrected chi connectivity index (χ3v) is 2.12. The van der Waals surface area contributed by atoms with Crippen molar-refractivity contribution < 1.29 is 0 Å². The number of aromatic nitrogens is 1. The van der Waals surface area contributed by atoms with Crippen LogP contribution in [0.2, 0.25) is 0 Å². The molecule has 0 aliphatic carbocycles. The van der Waals surface area contributed by atoms with Gasteiger partial charge in [-0.05, 0) is 44.5 Å². The molecular formula is C11H18N2. The fraction of sp³-hybridized carbons (Fsp3) is 0.545. The lowest BCUT2D eigenvalue weighted by atomic mass is 10.1. The Hall–Kier alpha value is -0.890. The van der Waals surface area contributed by atoms with Gasteiger partial charge in [-0.3, -0.25) is 4.98 Å². The Balaban J connectivity index is 2.07. The molecule has 1 N–H and O–H groups in total. The van der Waals surface area contributed by atoms with E-state index in [0.717, 1.165) is 13.0 Å². The normalized spacial score (nSPS) is 10.2. The molecule has 0 aliphatic rings. The fourth-order valence-corrected chi connectivity index (χ4v) is 1.35. The molecule has 0 aromatic carbocycles. The average Bonchev–Trinajstić information content (AvgIpc) is 2.19. The summed E-state index contributed by atoms with van der Waals surface area (Å²) < 4.78 is 0. The van der Waals surface area contributed by atoms with Gasteiger partial charge in [-0.25, -0.2) is 0 Å². The largest absolute Gasteiger partial charge is 0.320 e. The summed E-state index contributed by atoms with van der Waals surface area (Å²) in [6.45, 7) is 1.13. The maximum Gasteiger partial charge on any atom is 0.0299 e. The standard InChI is InChI=1S/C11H18N2/c1-12-8-4-2-3-6-11-7-5-9-13-10-11/h5,7,9-10,12H,2-4,6,8H2,1H3. The fourth-order valence-electron chi connectivity index (χ4n) is 1.35. The Labute approximate surface area is 80.4 Å². The third kappa shape index (κ3) is 4.63. The summed E-state index contributed by atoms with van der Waals surface area (Å²) in [7, 11) is 2.00. The van der Waals surface area contributed by atoms with Gasteiger partial charge in [-0.1, -0.05) is 12.5 Å². The first-order chi connectivity index (χ1) is 6.43. The molecule has 0 amide bonds. The smallest absolute Gasteiger partial charge is 0.0299 e. The lowest BCUT2D eigenvalue weighted by Crippen LogP contribution is -2.07. The first-order valence-electron chi connectivity index (χ1n) is 4.97. The zero-order valence-corrected chi connectivity index (χ0v) is 8.29. The lowest BCUT2D eigenvalue weighted by molar-refractivity contribution is 0.642. The number of nitrogens with zero attached hydrogens (tertiary/aromatic N) is 1. The summed E-state index contributed by atoms with van der Waals surface area (Å²) in [5.74, 6) is 0. The number of aryl methyl sites for hydroxylation is 1. The summed E-state index contributed by atoms with van der Waals surface area (Å²) in [4.78, 5) is 4.09. The zero-order chi connectivity index (χ0) is 9.36. The molecule has 0 unspecified atom stereocenters. The molecule has 2 nitrogen and oxygen atoms in total. The molecule has 0 radical (unpaired) electrons. The second kappa shape index (κ2) is 6.61. The molecule has 1 heterocycles. The van der Waals surface area contributed by atoms with Gasteiger partial charge in [0.25, 0.3) is 0 Å². The Morgan fingerprint density at radius 1 is 1.31 bits per heavy atom. The second-order valence-electron chi connectivity index (χ2n) is 3.28. The van der Waals surface area contributed by atoms with Gasteiger partial charge in [0.1, 0.15) is 0 Å². The van der Waals surface area contributed by atoms with Crippen molar-refractivity contribution >= 4 is 0 Å². The zero-order valence-electron chi connectivity index (χ0n) is 8.29. The molecule has 1 aromatic heterocycles. The highest BCUT2D eigenvalue weighted by atomic mass is 14.8. The molecule has 0 aliphatic heterocycles. The van der Waals surface area contributed by atoms with E-state index >= 15 is 0 Å². The van der Waals surface area contributed by atoms with E-state index in [9.17, 15) is 0 Å². The molecule has 1 rings (SSSR count). The quantitative estimate of drug-likeness (QED) is 0.674. The molecule has 0 spiro atoms. The van der Waals surface area contributed by atoms with E-state index in [4.69, 9.17) is 0 Å². The van der Waals surface area contributed by atoms with Crippen molar-refractivity contribution in [2.45, 2.75) is 25.7 Å². The van der Waals surface area contributed by atoms with E-state index in [1.807, 2.05) is 25.5 Å². The van der Waals surface area contributed by atoms with Gasteiger partial charge in [-0.15, -0.1) is 0 Å². The van der Waals surface area contributed by atoms with Crippen molar-refractivity contribution in [3.63, 3.8) is 0 Å².